The molecule has 0 fully saturated rings. The van der Waals surface area contributed by atoms with Gasteiger partial charge in [0.2, 0.25) is 0 Å². The smallest absolute Gasteiger partial charge is 0.320 e. The number of carboxylic acids is 1. The summed E-state index contributed by atoms with van der Waals surface area (Å²) >= 11 is 0. The molecule has 0 bridgehead atoms. The van der Waals surface area contributed by atoms with E-state index in [0.717, 1.165) is 12.1 Å². The first kappa shape index (κ1) is 11.5. The molecular formula is C9H8F3NO2. The van der Waals surface area contributed by atoms with Crippen molar-refractivity contribution in [1.82, 2.24) is 0 Å². The van der Waals surface area contributed by atoms with Gasteiger partial charge < -0.3 is 10.8 Å². The number of carboxylic acid groups (broad SMARTS) is 1. The number of hydrogen-bond donors (Lipinski definition) is 2. The highest BCUT2D eigenvalue weighted by molar-refractivity contribution is 5.73. The number of halogens is 3. The van der Waals surface area contributed by atoms with Crippen molar-refractivity contribution in [3.05, 3.63) is 35.1 Å². The second-order valence-electron chi connectivity index (χ2n) is 2.98. The molecule has 0 unspecified atom stereocenters. The van der Waals surface area contributed by atoms with Gasteiger partial charge in [-0.2, -0.15) is 0 Å². The predicted molar refractivity (Wildman–Crippen MR) is 45.6 cm³/mol. The minimum atomic E-state index is -1.62. The third-order valence-electron chi connectivity index (χ3n) is 1.87. The van der Waals surface area contributed by atoms with Crippen molar-refractivity contribution in [3.63, 3.8) is 0 Å². The molecular weight excluding hydrogens is 211 g/mol. The standard InChI is InChI=1S/C9H8F3NO2/c10-5-2-1-4(7(11)8(5)12)3-6(13)9(14)15/h1-2,6H,3,13H2,(H,14,15)/t6-/m0/s1. The Kier molecular flexibility index (Phi) is 3.31. The van der Waals surface area contributed by atoms with Gasteiger partial charge in [-0.15, -0.1) is 0 Å². The van der Waals surface area contributed by atoms with Crippen molar-refractivity contribution >= 4 is 5.97 Å². The summed E-state index contributed by atoms with van der Waals surface area (Å²) in [5.74, 6) is -5.67. The van der Waals surface area contributed by atoms with Crippen LogP contribution in [0, 0.1) is 17.5 Å². The number of rotatable bonds is 3. The maximum Gasteiger partial charge on any atom is 0.320 e. The quantitative estimate of drug-likeness (QED) is 0.747. The number of hydrogen-bond acceptors (Lipinski definition) is 2. The zero-order chi connectivity index (χ0) is 11.6. The third kappa shape index (κ3) is 2.47. The topological polar surface area (TPSA) is 63.3 Å². The van der Waals surface area contributed by atoms with Gasteiger partial charge in [0.1, 0.15) is 6.04 Å². The van der Waals surface area contributed by atoms with Crippen LogP contribution in [0.5, 0.6) is 0 Å². The number of nitrogens with two attached hydrogens (primary N) is 1. The Bertz CT molecular complexity index is 395. The lowest BCUT2D eigenvalue weighted by molar-refractivity contribution is -0.138. The molecule has 1 atom stereocenters. The molecule has 0 aliphatic carbocycles. The average Bonchev–Trinajstić information content (AvgIpc) is 2.18. The van der Waals surface area contributed by atoms with Gasteiger partial charge in [0.15, 0.2) is 17.5 Å². The summed E-state index contributed by atoms with van der Waals surface area (Å²) in [4.78, 5) is 10.4. The third-order valence-corrected chi connectivity index (χ3v) is 1.87. The van der Waals surface area contributed by atoms with Crippen LogP contribution in [0.25, 0.3) is 0 Å². The minimum Gasteiger partial charge on any atom is -0.480 e. The molecule has 0 radical (unpaired) electrons. The van der Waals surface area contributed by atoms with Gasteiger partial charge >= 0.3 is 5.97 Å². The van der Waals surface area contributed by atoms with Gasteiger partial charge in [0, 0.05) is 6.42 Å². The van der Waals surface area contributed by atoms with E-state index < -0.39 is 35.9 Å². The van der Waals surface area contributed by atoms with Crippen molar-refractivity contribution < 1.29 is 23.1 Å². The van der Waals surface area contributed by atoms with E-state index in [0.29, 0.717) is 0 Å². The van der Waals surface area contributed by atoms with E-state index in [2.05, 4.69) is 0 Å². The summed E-state index contributed by atoms with van der Waals surface area (Å²) in [5.41, 5.74) is 4.86. The van der Waals surface area contributed by atoms with Crippen LogP contribution in [0.4, 0.5) is 13.2 Å². The van der Waals surface area contributed by atoms with Gasteiger partial charge in [0.05, 0.1) is 0 Å². The fourth-order valence-corrected chi connectivity index (χ4v) is 1.05. The van der Waals surface area contributed by atoms with Gasteiger partial charge in [-0.05, 0) is 11.6 Å². The molecule has 15 heavy (non-hydrogen) atoms. The number of benzene rings is 1. The second kappa shape index (κ2) is 4.31. The van der Waals surface area contributed by atoms with Crippen LogP contribution in [-0.2, 0) is 11.2 Å². The fourth-order valence-electron chi connectivity index (χ4n) is 1.05. The molecule has 1 rings (SSSR count). The van der Waals surface area contributed by atoms with Gasteiger partial charge in [-0.3, -0.25) is 4.79 Å². The fraction of sp³-hybridized carbons (Fsp3) is 0.222. The maximum atomic E-state index is 13.0. The summed E-state index contributed by atoms with van der Waals surface area (Å²) in [6.45, 7) is 0. The lowest BCUT2D eigenvalue weighted by atomic mass is 10.1. The molecule has 1 aromatic rings. The Morgan fingerprint density at radius 3 is 2.47 bits per heavy atom. The molecule has 0 amide bonds. The first-order chi connectivity index (χ1) is 6.93. The highest BCUT2D eigenvalue weighted by Crippen LogP contribution is 2.16. The summed E-state index contributed by atoms with van der Waals surface area (Å²) in [6.07, 6.45) is -0.391. The van der Waals surface area contributed by atoms with E-state index in [1.54, 1.807) is 0 Å². The molecule has 0 saturated heterocycles. The molecule has 82 valence electrons. The van der Waals surface area contributed by atoms with E-state index in [9.17, 15) is 18.0 Å². The lowest BCUT2D eigenvalue weighted by Crippen LogP contribution is -2.32. The Morgan fingerprint density at radius 2 is 1.93 bits per heavy atom. The van der Waals surface area contributed by atoms with Crippen LogP contribution in [0.3, 0.4) is 0 Å². The Balaban J connectivity index is 2.97. The first-order valence-electron chi connectivity index (χ1n) is 4.04. The highest BCUT2D eigenvalue weighted by atomic mass is 19.2. The zero-order valence-corrected chi connectivity index (χ0v) is 7.51. The maximum absolute atomic E-state index is 13.0. The van der Waals surface area contributed by atoms with Crippen LogP contribution in [0.15, 0.2) is 12.1 Å². The Hall–Kier alpha value is -1.56. The van der Waals surface area contributed by atoms with Crippen LogP contribution in [0.1, 0.15) is 5.56 Å². The second-order valence-corrected chi connectivity index (χ2v) is 2.98. The van der Waals surface area contributed by atoms with Gasteiger partial charge in [-0.25, -0.2) is 13.2 Å². The van der Waals surface area contributed by atoms with E-state index in [1.165, 1.54) is 0 Å². The Morgan fingerprint density at radius 1 is 1.33 bits per heavy atom. The van der Waals surface area contributed by atoms with Gasteiger partial charge in [0.25, 0.3) is 0 Å². The highest BCUT2D eigenvalue weighted by Gasteiger charge is 2.18. The number of aliphatic carboxylic acids is 1. The van der Waals surface area contributed by atoms with E-state index in [-0.39, 0.29) is 5.56 Å². The normalized spacial score (nSPS) is 12.5. The van der Waals surface area contributed by atoms with E-state index in [4.69, 9.17) is 10.8 Å². The van der Waals surface area contributed by atoms with Crippen LogP contribution in [0.2, 0.25) is 0 Å². The molecule has 0 aromatic heterocycles. The lowest BCUT2D eigenvalue weighted by Gasteiger charge is -2.07. The molecule has 3 nitrogen and oxygen atoms in total. The summed E-state index contributed by atoms with van der Waals surface area (Å²) in [5, 5.41) is 8.44. The van der Waals surface area contributed by atoms with E-state index >= 15 is 0 Å². The van der Waals surface area contributed by atoms with Crippen LogP contribution < -0.4 is 5.73 Å². The van der Waals surface area contributed by atoms with Crippen molar-refractivity contribution in [2.45, 2.75) is 12.5 Å². The molecule has 0 aliphatic rings. The first-order valence-corrected chi connectivity index (χ1v) is 4.04. The van der Waals surface area contributed by atoms with Crippen molar-refractivity contribution in [3.8, 4) is 0 Å². The van der Waals surface area contributed by atoms with Crippen molar-refractivity contribution in [2.75, 3.05) is 0 Å². The molecule has 0 saturated carbocycles. The van der Waals surface area contributed by atoms with Crippen LogP contribution >= 0.6 is 0 Å². The van der Waals surface area contributed by atoms with Gasteiger partial charge in [-0.1, -0.05) is 6.07 Å². The summed E-state index contributed by atoms with van der Waals surface area (Å²) in [6, 6.07) is 0.350. The largest absolute Gasteiger partial charge is 0.480 e. The average molecular weight is 219 g/mol. The molecule has 3 N–H and O–H groups in total. The van der Waals surface area contributed by atoms with Crippen molar-refractivity contribution in [1.29, 1.82) is 0 Å². The molecule has 0 heterocycles. The minimum absolute atomic E-state index is 0.260. The molecule has 1 aromatic carbocycles. The summed E-state index contributed by atoms with van der Waals surface area (Å²) in [7, 11) is 0. The van der Waals surface area contributed by atoms with E-state index in [1.807, 2.05) is 0 Å². The van der Waals surface area contributed by atoms with Crippen molar-refractivity contribution in [2.24, 2.45) is 5.73 Å². The molecule has 0 aliphatic heterocycles. The molecule has 6 heteroatoms. The molecule has 0 spiro atoms. The predicted octanol–water partition coefficient (Wildman–Crippen LogP) is 1.06. The number of carbonyl (C=O) groups is 1. The zero-order valence-electron chi connectivity index (χ0n) is 7.51. The monoisotopic (exact) mass is 219 g/mol. The summed E-state index contributed by atoms with van der Waals surface area (Å²) < 4.78 is 38.2. The van der Waals surface area contributed by atoms with Crippen LogP contribution in [-0.4, -0.2) is 17.1 Å². The Labute approximate surface area is 83.3 Å². The SMILES string of the molecule is N[C@@H](Cc1ccc(F)c(F)c1F)C(=O)O.